The van der Waals surface area contributed by atoms with Gasteiger partial charge in [0.2, 0.25) is 0 Å². The van der Waals surface area contributed by atoms with Gasteiger partial charge in [0, 0.05) is 41.5 Å². The molecule has 0 radical (unpaired) electrons. The number of aromatic nitrogens is 1. The van der Waals surface area contributed by atoms with Gasteiger partial charge in [0.25, 0.3) is 5.91 Å². The molecule has 1 amide bonds. The topological polar surface area (TPSA) is 43.3 Å². The van der Waals surface area contributed by atoms with E-state index in [4.69, 9.17) is 27.9 Å². The monoisotopic (exact) mass is 362 g/mol. The summed E-state index contributed by atoms with van der Waals surface area (Å²) >= 11 is 11.9. The number of halogens is 2. The molecule has 0 bridgehead atoms. The quantitative estimate of drug-likeness (QED) is 0.704. The molecule has 2 aromatic carbocycles. The van der Waals surface area contributed by atoms with Crippen LogP contribution in [0.5, 0.6) is 0 Å². The van der Waals surface area contributed by atoms with Gasteiger partial charge in [-0.3, -0.25) is 4.79 Å². The summed E-state index contributed by atoms with van der Waals surface area (Å²) in [5.74, 6) is -0.269. The molecule has 0 atom stereocenters. The summed E-state index contributed by atoms with van der Waals surface area (Å²) in [6.45, 7) is 1.43. The van der Waals surface area contributed by atoms with E-state index in [1.165, 1.54) is 0 Å². The minimum atomic E-state index is -0.269. The van der Waals surface area contributed by atoms with Crippen LogP contribution in [0.1, 0.15) is 10.4 Å². The minimum Gasteiger partial charge on any atom is -0.383 e. The SMILES string of the molecule is COCCn1ccc2cc(NC(=O)c3ccc(Cl)cc3Cl)ccc21. The molecule has 3 rings (SSSR count). The van der Waals surface area contributed by atoms with Crippen molar-refractivity contribution >= 4 is 45.7 Å². The number of rotatable bonds is 5. The first-order chi connectivity index (χ1) is 11.6. The highest BCUT2D eigenvalue weighted by atomic mass is 35.5. The molecule has 0 saturated carbocycles. The van der Waals surface area contributed by atoms with Crippen molar-refractivity contribution in [2.24, 2.45) is 0 Å². The second-order valence-corrected chi connectivity index (χ2v) is 6.20. The van der Waals surface area contributed by atoms with Crippen molar-refractivity contribution in [3.05, 3.63) is 64.3 Å². The average molecular weight is 363 g/mol. The van der Waals surface area contributed by atoms with Crippen LogP contribution in [0.3, 0.4) is 0 Å². The van der Waals surface area contributed by atoms with Gasteiger partial charge in [0.1, 0.15) is 0 Å². The fraction of sp³-hybridized carbons (Fsp3) is 0.167. The van der Waals surface area contributed by atoms with Gasteiger partial charge in [-0.1, -0.05) is 23.2 Å². The summed E-state index contributed by atoms with van der Waals surface area (Å²) in [5, 5.41) is 4.73. The second kappa shape index (κ2) is 7.26. The number of hydrogen-bond donors (Lipinski definition) is 1. The van der Waals surface area contributed by atoms with Gasteiger partial charge in [-0.15, -0.1) is 0 Å². The Hall–Kier alpha value is -2.01. The fourth-order valence-corrected chi connectivity index (χ4v) is 3.03. The molecule has 24 heavy (non-hydrogen) atoms. The molecule has 0 aliphatic rings. The van der Waals surface area contributed by atoms with Gasteiger partial charge >= 0.3 is 0 Å². The third-order valence-electron chi connectivity index (χ3n) is 3.74. The summed E-state index contributed by atoms with van der Waals surface area (Å²) in [6.07, 6.45) is 2.01. The third-order valence-corrected chi connectivity index (χ3v) is 4.29. The van der Waals surface area contributed by atoms with Crippen LogP contribution < -0.4 is 5.32 Å². The lowest BCUT2D eigenvalue weighted by atomic mass is 10.2. The number of anilines is 1. The van der Waals surface area contributed by atoms with Gasteiger partial charge in [0.15, 0.2) is 0 Å². The maximum atomic E-state index is 12.4. The van der Waals surface area contributed by atoms with Crippen LogP contribution in [0.25, 0.3) is 10.9 Å². The number of amides is 1. The molecule has 0 saturated heterocycles. The lowest BCUT2D eigenvalue weighted by Crippen LogP contribution is -2.12. The standard InChI is InChI=1S/C18H16Cl2N2O2/c1-24-9-8-22-7-6-12-10-14(3-5-17(12)22)21-18(23)15-4-2-13(19)11-16(15)20/h2-7,10-11H,8-9H2,1H3,(H,21,23). The van der Waals surface area contributed by atoms with E-state index in [0.29, 0.717) is 27.9 Å². The number of hydrogen-bond acceptors (Lipinski definition) is 2. The molecule has 1 aromatic heterocycles. The number of benzene rings is 2. The minimum absolute atomic E-state index is 0.269. The Bertz CT molecular complexity index is 890. The molecule has 1 N–H and O–H groups in total. The molecule has 0 spiro atoms. The molecular formula is C18H16Cl2N2O2. The van der Waals surface area contributed by atoms with Crippen molar-refractivity contribution in [3.63, 3.8) is 0 Å². The maximum Gasteiger partial charge on any atom is 0.257 e. The molecule has 3 aromatic rings. The largest absolute Gasteiger partial charge is 0.383 e. The Labute approximate surface area is 149 Å². The Balaban J connectivity index is 1.81. The highest BCUT2D eigenvalue weighted by Crippen LogP contribution is 2.24. The van der Waals surface area contributed by atoms with Gasteiger partial charge in [-0.25, -0.2) is 0 Å². The fourth-order valence-electron chi connectivity index (χ4n) is 2.53. The molecule has 0 unspecified atom stereocenters. The summed E-state index contributed by atoms with van der Waals surface area (Å²) in [7, 11) is 1.68. The van der Waals surface area contributed by atoms with Crippen molar-refractivity contribution in [3.8, 4) is 0 Å². The predicted octanol–water partition coefficient (Wildman–Crippen LogP) is 4.85. The molecule has 6 heteroatoms. The van der Waals surface area contributed by atoms with Crippen molar-refractivity contribution in [2.45, 2.75) is 6.54 Å². The van der Waals surface area contributed by atoms with E-state index in [-0.39, 0.29) is 5.91 Å². The molecular weight excluding hydrogens is 347 g/mol. The van der Waals surface area contributed by atoms with Gasteiger partial charge in [-0.2, -0.15) is 0 Å². The zero-order valence-corrected chi connectivity index (χ0v) is 14.6. The normalized spacial score (nSPS) is 11.0. The predicted molar refractivity (Wildman–Crippen MR) is 98.2 cm³/mol. The Morgan fingerprint density at radius 1 is 1.17 bits per heavy atom. The average Bonchev–Trinajstić information content (AvgIpc) is 2.95. The van der Waals surface area contributed by atoms with E-state index >= 15 is 0 Å². The van der Waals surface area contributed by atoms with E-state index < -0.39 is 0 Å². The van der Waals surface area contributed by atoms with Crippen LogP contribution in [0.15, 0.2) is 48.7 Å². The Morgan fingerprint density at radius 3 is 2.75 bits per heavy atom. The molecule has 0 fully saturated rings. The zero-order valence-electron chi connectivity index (χ0n) is 13.1. The van der Waals surface area contributed by atoms with E-state index in [1.54, 1.807) is 25.3 Å². The van der Waals surface area contributed by atoms with Crippen molar-refractivity contribution in [1.29, 1.82) is 0 Å². The molecule has 4 nitrogen and oxygen atoms in total. The highest BCUT2D eigenvalue weighted by molar-refractivity contribution is 6.37. The summed E-state index contributed by atoms with van der Waals surface area (Å²) in [6, 6.07) is 12.6. The van der Waals surface area contributed by atoms with E-state index in [9.17, 15) is 4.79 Å². The first kappa shape index (κ1) is 16.8. The number of ether oxygens (including phenoxy) is 1. The van der Waals surface area contributed by atoms with Crippen molar-refractivity contribution in [2.75, 3.05) is 19.0 Å². The highest BCUT2D eigenvalue weighted by Gasteiger charge is 2.11. The smallest absolute Gasteiger partial charge is 0.257 e. The molecule has 124 valence electrons. The van der Waals surface area contributed by atoms with E-state index in [0.717, 1.165) is 17.4 Å². The number of fused-ring (bicyclic) bond motifs is 1. The van der Waals surface area contributed by atoms with Crippen LogP contribution in [-0.4, -0.2) is 24.2 Å². The molecule has 0 aliphatic carbocycles. The van der Waals surface area contributed by atoms with Crippen LogP contribution in [0, 0.1) is 0 Å². The maximum absolute atomic E-state index is 12.4. The van der Waals surface area contributed by atoms with Crippen molar-refractivity contribution < 1.29 is 9.53 Å². The van der Waals surface area contributed by atoms with Crippen molar-refractivity contribution in [1.82, 2.24) is 4.57 Å². The number of methoxy groups -OCH3 is 1. The Morgan fingerprint density at radius 2 is 2.00 bits per heavy atom. The first-order valence-electron chi connectivity index (χ1n) is 7.43. The second-order valence-electron chi connectivity index (χ2n) is 5.35. The Kier molecular flexibility index (Phi) is 5.09. The number of nitrogens with one attached hydrogen (secondary N) is 1. The van der Waals surface area contributed by atoms with Crippen LogP contribution in [0.2, 0.25) is 10.0 Å². The van der Waals surface area contributed by atoms with Crippen LogP contribution >= 0.6 is 23.2 Å². The summed E-state index contributed by atoms with van der Waals surface area (Å²) in [4.78, 5) is 12.4. The van der Waals surface area contributed by atoms with Gasteiger partial charge in [-0.05, 0) is 42.5 Å². The summed E-state index contributed by atoms with van der Waals surface area (Å²) in [5.41, 5.74) is 2.19. The first-order valence-corrected chi connectivity index (χ1v) is 8.18. The number of carbonyl (C=O) groups excluding carboxylic acids is 1. The van der Waals surface area contributed by atoms with E-state index in [1.807, 2.05) is 30.5 Å². The molecule has 1 heterocycles. The summed E-state index contributed by atoms with van der Waals surface area (Å²) < 4.78 is 7.22. The van der Waals surface area contributed by atoms with E-state index in [2.05, 4.69) is 9.88 Å². The lowest BCUT2D eigenvalue weighted by molar-refractivity contribution is 0.102. The van der Waals surface area contributed by atoms with Gasteiger partial charge in [0.05, 0.1) is 17.2 Å². The number of carbonyl (C=O) groups is 1. The lowest BCUT2D eigenvalue weighted by Gasteiger charge is -2.08. The van der Waals surface area contributed by atoms with Gasteiger partial charge < -0.3 is 14.6 Å². The molecule has 0 aliphatic heterocycles. The van der Waals surface area contributed by atoms with Crippen LogP contribution in [-0.2, 0) is 11.3 Å². The zero-order chi connectivity index (χ0) is 17.1. The third kappa shape index (κ3) is 3.56. The van der Waals surface area contributed by atoms with Crippen LogP contribution in [0.4, 0.5) is 5.69 Å². The number of nitrogens with zero attached hydrogens (tertiary/aromatic N) is 1.